The largest absolute Gasteiger partial charge is 0.249 e. The Morgan fingerprint density at radius 3 is 2.12 bits per heavy atom. The van der Waals surface area contributed by atoms with Crippen molar-refractivity contribution in [1.82, 2.24) is 15.0 Å². The van der Waals surface area contributed by atoms with Gasteiger partial charge in [-0.3, -0.25) is 0 Å². The lowest BCUT2D eigenvalue weighted by molar-refractivity contribution is 0.557. The van der Waals surface area contributed by atoms with Gasteiger partial charge < -0.3 is 0 Å². The molecule has 0 bridgehead atoms. The minimum absolute atomic E-state index is 0.303. The standard InChI is InChI=1S/C9H12Cl5N3/c1-3-5-17-6(4-2)7(15-16-17)8(10,11)9(12,13)14/h3-5H2,1-2H3. The molecule has 0 amide bonds. The Morgan fingerprint density at radius 1 is 1.12 bits per heavy atom. The number of halogens is 5. The van der Waals surface area contributed by atoms with Gasteiger partial charge in [-0.2, -0.15) is 0 Å². The van der Waals surface area contributed by atoms with Crippen LogP contribution in [0.1, 0.15) is 31.7 Å². The zero-order valence-electron chi connectivity index (χ0n) is 9.35. The van der Waals surface area contributed by atoms with Crippen molar-refractivity contribution in [2.45, 2.75) is 41.4 Å². The molecule has 1 aromatic rings. The van der Waals surface area contributed by atoms with Gasteiger partial charge in [0.05, 0.1) is 5.69 Å². The van der Waals surface area contributed by atoms with Crippen LogP contribution in [-0.4, -0.2) is 18.8 Å². The molecule has 1 aromatic heterocycles. The van der Waals surface area contributed by atoms with E-state index >= 15 is 0 Å². The minimum atomic E-state index is -1.87. The first-order valence-corrected chi connectivity index (χ1v) is 7.02. The lowest BCUT2D eigenvalue weighted by atomic mass is 10.2. The summed E-state index contributed by atoms with van der Waals surface area (Å²) in [4.78, 5) is 0. The van der Waals surface area contributed by atoms with Gasteiger partial charge in [0.2, 0.25) is 8.13 Å². The summed E-state index contributed by atoms with van der Waals surface area (Å²) in [6.07, 6.45) is 1.57. The Bertz CT molecular complexity index is 382. The van der Waals surface area contributed by atoms with Crippen LogP contribution < -0.4 is 0 Å². The summed E-state index contributed by atoms with van der Waals surface area (Å²) in [5.74, 6) is 0. The van der Waals surface area contributed by atoms with Gasteiger partial charge in [-0.25, -0.2) is 4.68 Å². The molecular weight excluding hydrogens is 327 g/mol. The van der Waals surface area contributed by atoms with E-state index in [1.807, 2.05) is 13.8 Å². The highest BCUT2D eigenvalue weighted by molar-refractivity contribution is 6.75. The number of nitrogens with zero attached hydrogens (tertiary/aromatic N) is 3. The van der Waals surface area contributed by atoms with Crippen LogP contribution in [0.3, 0.4) is 0 Å². The van der Waals surface area contributed by atoms with Crippen LogP contribution in [0.5, 0.6) is 0 Å². The molecule has 0 aliphatic carbocycles. The monoisotopic (exact) mass is 337 g/mol. The van der Waals surface area contributed by atoms with Crippen LogP contribution in [0, 0.1) is 0 Å². The van der Waals surface area contributed by atoms with E-state index in [2.05, 4.69) is 10.3 Å². The number of rotatable bonds is 4. The SMILES string of the molecule is CCCn1nnc(C(Cl)(Cl)C(Cl)(Cl)Cl)c1CC. The Balaban J connectivity index is 3.23. The first kappa shape index (κ1) is 15.6. The third-order valence-electron chi connectivity index (χ3n) is 2.26. The first-order valence-electron chi connectivity index (χ1n) is 5.13. The van der Waals surface area contributed by atoms with Gasteiger partial charge >= 0.3 is 0 Å². The number of hydrogen-bond acceptors (Lipinski definition) is 2. The zero-order chi connectivity index (χ0) is 13.3. The molecule has 0 aliphatic rings. The van der Waals surface area contributed by atoms with Crippen molar-refractivity contribution in [3.63, 3.8) is 0 Å². The lowest BCUT2D eigenvalue weighted by Gasteiger charge is -2.26. The van der Waals surface area contributed by atoms with Crippen molar-refractivity contribution in [2.75, 3.05) is 0 Å². The average Bonchev–Trinajstić information content (AvgIpc) is 2.60. The molecule has 0 atom stereocenters. The van der Waals surface area contributed by atoms with Gasteiger partial charge in [0.25, 0.3) is 0 Å². The molecule has 98 valence electrons. The Morgan fingerprint density at radius 2 is 1.71 bits per heavy atom. The summed E-state index contributed by atoms with van der Waals surface area (Å²) in [5.41, 5.74) is 1.08. The third kappa shape index (κ3) is 3.13. The van der Waals surface area contributed by atoms with Crippen LogP contribution in [0.2, 0.25) is 0 Å². The fourth-order valence-corrected chi connectivity index (χ4v) is 2.01. The van der Waals surface area contributed by atoms with Crippen molar-refractivity contribution in [3.05, 3.63) is 11.4 Å². The second-order valence-electron chi connectivity index (χ2n) is 3.53. The zero-order valence-corrected chi connectivity index (χ0v) is 13.1. The predicted molar refractivity (Wildman–Crippen MR) is 73.4 cm³/mol. The van der Waals surface area contributed by atoms with Gasteiger partial charge in [-0.1, -0.05) is 77.1 Å². The maximum atomic E-state index is 6.09. The van der Waals surface area contributed by atoms with Gasteiger partial charge in [-0.15, -0.1) is 5.10 Å². The highest BCUT2D eigenvalue weighted by Gasteiger charge is 2.50. The van der Waals surface area contributed by atoms with Crippen molar-refractivity contribution < 1.29 is 0 Å². The molecule has 0 aliphatic heterocycles. The number of alkyl halides is 5. The molecule has 3 nitrogen and oxygen atoms in total. The number of hydrogen-bond donors (Lipinski definition) is 0. The van der Waals surface area contributed by atoms with Gasteiger partial charge in [0.15, 0.2) is 0 Å². The fraction of sp³-hybridized carbons (Fsp3) is 0.778. The van der Waals surface area contributed by atoms with Gasteiger partial charge in [0.1, 0.15) is 5.69 Å². The molecule has 0 saturated heterocycles. The molecule has 17 heavy (non-hydrogen) atoms. The summed E-state index contributed by atoms with van der Waals surface area (Å²) in [6.45, 7) is 4.70. The Hall–Kier alpha value is 0.590. The molecule has 8 heteroatoms. The first-order chi connectivity index (χ1) is 7.75. The van der Waals surface area contributed by atoms with E-state index in [1.54, 1.807) is 4.68 Å². The summed E-state index contributed by atoms with van der Waals surface area (Å²) in [5, 5.41) is 7.92. The maximum absolute atomic E-state index is 6.09. The molecule has 0 fully saturated rings. The molecule has 0 N–H and O–H groups in total. The quantitative estimate of drug-likeness (QED) is 0.768. The van der Waals surface area contributed by atoms with E-state index in [-0.39, 0.29) is 0 Å². The summed E-state index contributed by atoms with van der Waals surface area (Å²) < 4.78 is -1.85. The van der Waals surface area contributed by atoms with Crippen molar-refractivity contribution in [1.29, 1.82) is 0 Å². The van der Waals surface area contributed by atoms with Crippen LogP contribution in [0.15, 0.2) is 0 Å². The number of aromatic nitrogens is 3. The Kier molecular flexibility index (Phi) is 5.25. The van der Waals surface area contributed by atoms with Crippen LogP contribution in [0.4, 0.5) is 0 Å². The summed E-state index contributed by atoms with van der Waals surface area (Å²) in [7, 11) is 0. The van der Waals surface area contributed by atoms with E-state index in [0.29, 0.717) is 12.1 Å². The van der Waals surface area contributed by atoms with Crippen LogP contribution in [-0.2, 0) is 17.3 Å². The molecule has 0 saturated carbocycles. The average molecular weight is 339 g/mol. The Labute approximate surface area is 125 Å². The second-order valence-corrected chi connectivity index (χ2v) is 7.14. The summed E-state index contributed by atoms with van der Waals surface area (Å²) in [6, 6.07) is 0. The highest BCUT2D eigenvalue weighted by Crippen LogP contribution is 2.52. The number of aryl methyl sites for hydroxylation is 1. The van der Waals surface area contributed by atoms with E-state index in [4.69, 9.17) is 58.0 Å². The minimum Gasteiger partial charge on any atom is -0.249 e. The van der Waals surface area contributed by atoms with E-state index < -0.39 is 8.13 Å². The second kappa shape index (κ2) is 5.70. The third-order valence-corrected chi connectivity index (χ3v) is 4.62. The summed E-state index contributed by atoms with van der Waals surface area (Å²) >= 11 is 29.5. The molecule has 0 unspecified atom stereocenters. The van der Waals surface area contributed by atoms with Crippen molar-refractivity contribution in [2.24, 2.45) is 0 Å². The molecule has 0 aromatic carbocycles. The molecule has 1 heterocycles. The van der Waals surface area contributed by atoms with Crippen molar-refractivity contribution >= 4 is 58.0 Å². The molecule has 1 rings (SSSR count). The van der Waals surface area contributed by atoms with Gasteiger partial charge in [-0.05, 0) is 12.8 Å². The molecule has 0 radical (unpaired) electrons. The molecular formula is C9H12Cl5N3. The lowest BCUT2D eigenvalue weighted by Crippen LogP contribution is -2.30. The highest BCUT2D eigenvalue weighted by atomic mass is 35.6. The normalized spacial score (nSPS) is 13.1. The van der Waals surface area contributed by atoms with Crippen molar-refractivity contribution in [3.8, 4) is 0 Å². The van der Waals surface area contributed by atoms with Crippen LogP contribution >= 0.6 is 58.0 Å². The smallest absolute Gasteiger partial charge is 0.228 e. The van der Waals surface area contributed by atoms with E-state index in [0.717, 1.165) is 18.7 Å². The predicted octanol–water partition coefficient (Wildman–Crippen LogP) is 4.25. The maximum Gasteiger partial charge on any atom is 0.228 e. The van der Waals surface area contributed by atoms with Gasteiger partial charge in [0, 0.05) is 6.54 Å². The fourth-order valence-electron chi connectivity index (χ4n) is 1.45. The van der Waals surface area contributed by atoms with E-state index in [9.17, 15) is 0 Å². The molecule has 0 spiro atoms. The topological polar surface area (TPSA) is 30.7 Å². The van der Waals surface area contributed by atoms with E-state index in [1.165, 1.54) is 0 Å². The van der Waals surface area contributed by atoms with Crippen LogP contribution in [0.25, 0.3) is 0 Å².